The number of aliphatic carboxylic acids is 1. The highest BCUT2D eigenvalue weighted by molar-refractivity contribution is 5.96. The predicted octanol–water partition coefficient (Wildman–Crippen LogP) is 0.997. The first-order valence-electron chi connectivity index (χ1n) is 5.11. The Labute approximate surface area is 104 Å². The predicted molar refractivity (Wildman–Crippen MR) is 63.2 cm³/mol. The molecular formula is C12H13NO5. The zero-order chi connectivity index (χ0) is 13.4. The smallest absolute Gasteiger partial charge is 0.332 e. The lowest BCUT2D eigenvalue weighted by molar-refractivity contribution is -0.144. The molecule has 6 heteroatoms. The summed E-state index contributed by atoms with van der Waals surface area (Å²) in [6.45, 7) is 3.16. The molecule has 0 fully saturated rings. The van der Waals surface area contributed by atoms with Gasteiger partial charge in [-0.25, -0.2) is 10.3 Å². The average molecular weight is 251 g/mol. The number of hydroxylamine groups is 1. The van der Waals surface area contributed by atoms with Crippen LogP contribution in [-0.4, -0.2) is 30.2 Å². The fraction of sp³-hybridized carbons (Fsp3) is 0.167. The topological polar surface area (TPSA) is 84.9 Å². The lowest BCUT2D eigenvalue weighted by Gasteiger charge is -2.09. The van der Waals surface area contributed by atoms with E-state index in [0.717, 1.165) is 0 Å². The summed E-state index contributed by atoms with van der Waals surface area (Å²) in [5, 5.41) is 8.36. The number of carboxylic acid groups (broad SMARTS) is 1. The summed E-state index contributed by atoms with van der Waals surface area (Å²) in [5.41, 5.74) is 2.28. The van der Waals surface area contributed by atoms with Crippen molar-refractivity contribution in [3.05, 3.63) is 42.5 Å². The Bertz CT molecular complexity index is 444. The number of carbonyl (C=O) groups excluding carboxylic acids is 1. The summed E-state index contributed by atoms with van der Waals surface area (Å²) >= 11 is 0. The van der Waals surface area contributed by atoms with Crippen LogP contribution in [-0.2, 0) is 9.63 Å². The SMILES string of the molecule is C=CCOc1ccccc1C(=O)NOCC(=O)O. The van der Waals surface area contributed by atoms with Crippen LogP contribution in [0.25, 0.3) is 0 Å². The lowest BCUT2D eigenvalue weighted by Crippen LogP contribution is -2.27. The zero-order valence-corrected chi connectivity index (χ0v) is 9.59. The van der Waals surface area contributed by atoms with Gasteiger partial charge in [0.2, 0.25) is 0 Å². The molecule has 0 saturated carbocycles. The first kappa shape index (κ1) is 13.7. The van der Waals surface area contributed by atoms with Gasteiger partial charge in [0.05, 0.1) is 5.56 Å². The molecule has 1 rings (SSSR count). The minimum absolute atomic E-state index is 0.254. The number of ether oxygens (including phenoxy) is 1. The fourth-order valence-corrected chi connectivity index (χ4v) is 1.15. The lowest BCUT2D eigenvalue weighted by atomic mass is 10.2. The van der Waals surface area contributed by atoms with Crippen molar-refractivity contribution in [3.8, 4) is 5.75 Å². The summed E-state index contributed by atoms with van der Waals surface area (Å²) < 4.78 is 5.28. The third-order valence-corrected chi connectivity index (χ3v) is 1.85. The minimum Gasteiger partial charge on any atom is -0.489 e. The zero-order valence-electron chi connectivity index (χ0n) is 9.59. The monoisotopic (exact) mass is 251 g/mol. The van der Waals surface area contributed by atoms with Crippen LogP contribution in [0.15, 0.2) is 36.9 Å². The molecule has 1 aromatic carbocycles. The van der Waals surface area contributed by atoms with Gasteiger partial charge in [0.25, 0.3) is 5.91 Å². The molecule has 96 valence electrons. The number of rotatable bonds is 7. The van der Waals surface area contributed by atoms with Crippen LogP contribution in [0.2, 0.25) is 0 Å². The van der Waals surface area contributed by atoms with Crippen LogP contribution < -0.4 is 10.2 Å². The van der Waals surface area contributed by atoms with Gasteiger partial charge in [0.1, 0.15) is 12.4 Å². The van der Waals surface area contributed by atoms with Crippen LogP contribution in [0.4, 0.5) is 0 Å². The third-order valence-electron chi connectivity index (χ3n) is 1.85. The maximum atomic E-state index is 11.7. The molecule has 6 nitrogen and oxygen atoms in total. The molecular weight excluding hydrogens is 238 g/mol. The van der Waals surface area contributed by atoms with E-state index < -0.39 is 18.5 Å². The van der Waals surface area contributed by atoms with Crippen LogP contribution >= 0.6 is 0 Å². The molecule has 0 saturated heterocycles. The van der Waals surface area contributed by atoms with E-state index in [9.17, 15) is 9.59 Å². The van der Waals surface area contributed by atoms with Crippen LogP contribution in [0.5, 0.6) is 5.75 Å². The van der Waals surface area contributed by atoms with Gasteiger partial charge in [-0.1, -0.05) is 24.8 Å². The molecule has 0 bridgehead atoms. The molecule has 0 heterocycles. The highest BCUT2D eigenvalue weighted by atomic mass is 16.7. The number of para-hydroxylation sites is 1. The third kappa shape index (κ3) is 4.26. The van der Waals surface area contributed by atoms with E-state index in [2.05, 4.69) is 11.4 Å². The second kappa shape index (κ2) is 7.08. The highest BCUT2D eigenvalue weighted by Gasteiger charge is 2.12. The minimum atomic E-state index is -1.17. The van der Waals surface area contributed by atoms with Crippen molar-refractivity contribution in [1.29, 1.82) is 0 Å². The van der Waals surface area contributed by atoms with E-state index in [0.29, 0.717) is 5.75 Å². The molecule has 0 atom stereocenters. The van der Waals surface area contributed by atoms with Crippen molar-refractivity contribution < 1.29 is 24.3 Å². The number of carbonyl (C=O) groups is 2. The van der Waals surface area contributed by atoms with Crippen LogP contribution in [0, 0.1) is 0 Å². The molecule has 1 aromatic rings. The van der Waals surface area contributed by atoms with Crippen LogP contribution in [0.1, 0.15) is 10.4 Å². The van der Waals surface area contributed by atoms with Crippen molar-refractivity contribution >= 4 is 11.9 Å². The Hall–Kier alpha value is -2.34. The summed E-state index contributed by atoms with van der Waals surface area (Å²) in [4.78, 5) is 26.4. The van der Waals surface area contributed by atoms with Crippen molar-refractivity contribution in [2.24, 2.45) is 0 Å². The second-order valence-corrected chi connectivity index (χ2v) is 3.21. The number of carboxylic acids is 1. The first-order chi connectivity index (χ1) is 8.65. The van der Waals surface area contributed by atoms with Gasteiger partial charge in [-0.3, -0.25) is 9.63 Å². The van der Waals surface area contributed by atoms with E-state index in [1.807, 2.05) is 5.48 Å². The maximum Gasteiger partial charge on any atom is 0.332 e. The van der Waals surface area contributed by atoms with E-state index in [1.165, 1.54) is 6.07 Å². The van der Waals surface area contributed by atoms with Gasteiger partial charge in [-0.05, 0) is 12.1 Å². The Morgan fingerprint density at radius 1 is 1.39 bits per heavy atom. The van der Waals surface area contributed by atoms with Crippen molar-refractivity contribution in [1.82, 2.24) is 5.48 Å². The molecule has 0 aliphatic heterocycles. The van der Waals surface area contributed by atoms with Crippen molar-refractivity contribution in [2.75, 3.05) is 13.2 Å². The Morgan fingerprint density at radius 3 is 2.78 bits per heavy atom. The summed E-state index contributed by atoms with van der Waals surface area (Å²) in [6, 6.07) is 6.54. The van der Waals surface area contributed by atoms with Gasteiger partial charge in [0.15, 0.2) is 6.61 Å². The number of nitrogens with one attached hydrogen (secondary N) is 1. The molecule has 0 spiro atoms. The number of hydrogen-bond acceptors (Lipinski definition) is 4. The largest absolute Gasteiger partial charge is 0.489 e. The second-order valence-electron chi connectivity index (χ2n) is 3.21. The molecule has 1 amide bonds. The van der Waals surface area contributed by atoms with E-state index in [1.54, 1.807) is 24.3 Å². The first-order valence-corrected chi connectivity index (χ1v) is 5.11. The molecule has 0 aromatic heterocycles. The van der Waals surface area contributed by atoms with E-state index in [4.69, 9.17) is 9.84 Å². The highest BCUT2D eigenvalue weighted by Crippen LogP contribution is 2.17. The van der Waals surface area contributed by atoms with Gasteiger partial charge >= 0.3 is 5.97 Å². The standard InChI is InChI=1S/C12H13NO5/c1-2-7-17-10-6-4-3-5-9(10)12(16)13-18-8-11(14)15/h2-6H,1,7-8H2,(H,13,16)(H,14,15). The van der Waals surface area contributed by atoms with Gasteiger partial charge in [-0.2, -0.15) is 0 Å². The van der Waals surface area contributed by atoms with E-state index >= 15 is 0 Å². The number of amides is 1. The average Bonchev–Trinajstić information content (AvgIpc) is 2.36. The quantitative estimate of drug-likeness (QED) is 0.557. The van der Waals surface area contributed by atoms with Crippen LogP contribution in [0.3, 0.4) is 0 Å². The van der Waals surface area contributed by atoms with E-state index in [-0.39, 0.29) is 12.2 Å². The molecule has 18 heavy (non-hydrogen) atoms. The normalized spacial score (nSPS) is 9.56. The Kier molecular flexibility index (Phi) is 5.40. The van der Waals surface area contributed by atoms with Gasteiger partial charge < -0.3 is 9.84 Å². The molecule has 2 N–H and O–H groups in total. The van der Waals surface area contributed by atoms with Gasteiger partial charge in [0, 0.05) is 0 Å². The Balaban J connectivity index is 2.66. The number of benzene rings is 1. The van der Waals surface area contributed by atoms with Crippen molar-refractivity contribution in [3.63, 3.8) is 0 Å². The summed E-state index contributed by atoms with van der Waals surface area (Å²) in [6.07, 6.45) is 1.55. The van der Waals surface area contributed by atoms with Crippen molar-refractivity contribution in [2.45, 2.75) is 0 Å². The number of hydrogen-bond donors (Lipinski definition) is 2. The summed E-state index contributed by atoms with van der Waals surface area (Å²) in [7, 11) is 0. The Morgan fingerprint density at radius 2 is 2.11 bits per heavy atom. The molecule has 0 radical (unpaired) electrons. The summed E-state index contributed by atoms with van der Waals surface area (Å²) in [5.74, 6) is -1.38. The van der Waals surface area contributed by atoms with Gasteiger partial charge in [-0.15, -0.1) is 0 Å². The molecule has 0 unspecified atom stereocenters. The fourth-order valence-electron chi connectivity index (χ4n) is 1.15. The maximum absolute atomic E-state index is 11.7. The molecule has 0 aliphatic carbocycles. The molecule has 0 aliphatic rings.